The van der Waals surface area contributed by atoms with Crippen LogP contribution in [0.4, 0.5) is 14.5 Å². The van der Waals surface area contributed by atoms with Crippen molar-refractivity contribution in [3.05, 3.63) is 29.8 Å². The fourth-order valence-corrected chi connectivity index (χ4v) is 2.70. The van der Waals surface area contributed by atoms with Crippen molar-refractivity contribution in [2.24, 2.45) is 16.3 Å². The lowest BCUT2D eigenvalue weighted by Gasteiger charge is -2.34. The number of amidine groups is 1. The fourth-order valence-electron chi connectivity index (χ4n) is 2.70. The highest BCUT2D eigenvalue weighted by Crippen LogP contribution is 2.38. The highest BCUT2D eigenvalue weighted by Gasteiger charge is 2.44. The van der Waals surface area contributed by atoms with E-state index in [9.17, 15) is 13.6 Å². The van der Waals surface area contributed by atoms with Gasteiger partial charge in [0.1, 0.15) is 22.7 Å². The van der Waals surface area contributed by atoms with E-state index in [1.165, 1.54) is 6.07 Å². The van der Waals surface area contributed by atoms with Crippen LogP contribution in [0.3, 0.4) is 0 Å². The zero-order chi connectivity index (χ0) is 15.5. The van der Waals surface area contributed by atoms with Crippen molar-refractivity contribution in [1.82, 2.24) is 0 Å². The van der Waals surface area contributed by atoms with Gasteiger partial charge in [-0.1, -0.05) is 30.5 Å². The van der Waals surface area contributed by atoms with Crippen LogP contribution in [0.2, 0.25) is 0 Å². The highest BCUT2D eigenvalue weighted by atomic mass is 19.1. The summed E-state index contributed by atoms with van der Waals surface area (Å²) in [6, 6.07) is 3.31. The van der Waals surface area contributed by atoms with Crippen molar-refractivity contribution in [1.29, 1.82) is 0 Å². The number of hydrogen-bond donors (Lipinski definition) is 3. The second kappa shape index (κ2) is 6.07. The summed E-state index contributed by atoms with van der Waals surface area (Å²) in [5.74, 6) is -2.61. The molecule has 1 aliphatic rings. The topological polar surface area (TPSA) is 87.7 Å². The van der Waals surface area contributed by atoms with Crippen LogP contribution in [-0.2, 0) is 4.79 Å². The maximum absolute atomic E-state index is 13.6. The zero-order valence-electron chi connectivity index (χ0n) is 11.4. The Balaban J connectivity index is 2.32. The smallest absolute Gasteiger partial charge is 0.238 e. The number of oxime groups is 1. The Morgan fingerprint density at radius 3 is 2.33 bits per heavy atom. The summed E-state index contributed by atoms with van der Waals surface area (Å²) in [5, 5.41) is 14.1. The number of para-hydroxylation sites is 1. The van der Waals surface area contributed by atoms with E-state index in [4.69, 9.17) is 10.9 Å². The molecule has 0 atom stereocenters. The highest BCUT2D eigenvalue weighted by molar-refractivity contribution is 6.12. The molecule has 0 bridgehead atoms. The number of nitrogens with two attached hydrogens (primary N) is 1. The molecule has 4 N–H and O–H groups in total. The van der Waals surface area contributed by atoms with E-state index in [1.54, 1.807) is 0 Å². The fraction of sp³-hybridized carbons (Fsp3) is 0.429. The van der Waals surface area contributed by atoms with E-state index >= 15 is 0 Å². The molecule has 1 saturated carbocycles. The number of carbonyl (C=O) groups excluding carboxylic acids is 1. The Morgan fingerprint density at radius 2 is 1.81 bits per heavy atom. The van der Waals surface area contributed by atoms with Gasteiger partial charge in [-0.3, -0.25) is 4.79 Å². The van der Waals surface area contributed by atoms with Gasteiger partial charge in [0, 0.05) is 0 Å². The van der Waals surface area contributed by atoms with Gasteiger partial charge in [-0.15, -0.1) is 0 Å². The first kappa shape index (κ1) is 15.2. The largest absolute Gasteiger partial charge is 0.409 e. The summed E-state index contributed by atoms with van der Waals surface area (Å²) in [5.41, 5.74) is 3.93. The number of carbonyl (C=O) groups is 1. The number of amides is 1. The Hall–Kier alpha value is -2.18. The van der Waals surface area contributed by atoms with Gasteiger partial charge in [-0.05, 0) is 25.0 Å². The van der Waals surface area contributed by atoms with Crippen molar-refractivity contribution < 1.29 is 18.8 Å². The second-order valence-corrected chi connectivity index (χ2v) is 5.18. The molecule has 21 heavy (non-hydrogen) atoms. The van der Waals surface area contributed by atoms with Gasteiger partial charge in [0.2, 0.25) is 5.91 Å². The minimum Gasteiger partial charge on any atom is -0.409 e. The van der Waals surface area contributed by atoms with E-state index in [0.29, 0.717) is 12.8 Å². The Bertz CT molecular complexity index is 549. The summed E-state index contributed by atoms with van der Waals surface area (Å²) < 4.78 is 27.2. The lowest BCUT2D eigenvalue weighted by Crippen LogP contribution is -2.48. The standard InChI is InChI=1S/C14H17F2N3O2/c15-9-5-4-6-10(16)11(9)18-13(20)14(12(17)19-21)7-2-1-3-8-14/h4-6,21H,1-3,7-8H2,(H2,17,19)(H,18,20). The molecule has 1 fully saturated rings. The van der Waals surface area contributed by atoms with E-state index in [2.05, 4.69) is 10.5 Å². The van der Waals surface area contributed by atoms with Crippen LogP contribution in [0.15, 0.2) is 23.4 Å². The molecule has 1 aromatic carbocycles. The first-order valence-electron chi connectivity index (χ1n) is 6.75. The molecule has 0 radical (unpaired) electrons. The number of halogens is 2. The quantitative estimate of drug-likeness (QED) is 0.347. The molecule has 5 nitrogen and oxygen atoms in total. The third-order valence-corrected chi connectivity index (χ3v) is 3.94. The maximum Gasteiger partial charge on any atom is 0.238 e. The molecule has 0 spiro atoms. The number of benzene rings is 1. The zero-order valence-corrected chi connectivity index (χ0v) is 11.4. The Morgan fingerprint density at radius 1 is 1.24 bits per heavy atom. The van der Waals surface area contributed by atoms with Gasteiger partial charge >= 0.3 is 0 Å². The van der Waals surface area contributed by atoms with E-state index < -0.39 is 28.6 Å². The number of nitrogens with one attached hydrogen (secondary N) is 1. The average molecular weight is 297 g/mol. The van der Waals surface area contributed by atoms with Crippen molar-refractivity contribution in [3.8, 4) is 0 Å². The van der Waals surface area contributed by atoms with E-state index in [0.717, 1.165) is 31.4 Å². The molecule has 0 aliphatic heterocycles. The summed E-state index contributed by atoms with van der Waals surface area (Å²) in [6.07, 6.45) is 3.14. The van der Waals surface area contributed by atoms with Crippen LogP contribution in [0.25, 0.3) is 0 Å². The Labute approximate surface area is 120 Å². The SMILES string of the molecule is NC(=NO)C1(C(=O)Nc2c(F)cccc2F)CCCCC1. The predicted octanol–water partition coefficient (Wildman–Crippen LogP) is 2.60. The average Bonchev–Trinajstić information content (AvgIpc) is 2.50. The minimum atomic E-state index is -1.22. The lowest BCUT2D eigenvalue weighted by atomic mass is 9.72. The first-order chi connectivity index (χ1) is 10.0. The van der Waals surface area contributed by atoms with Crippen molar-refractivity contribution in [3.63, 3.8) is 0 Å². The maximum atomic E-state index is 13.6. The van der Waals surface area contributed by atoms with Crippen LogP contribution >= 0.6 is 0 Å². The van der Waals surface area contributed by atoms with Crippen LogP contribution in [0, 0.1) is 17.0 Å². The van der Waals surface area contributed by atoms with Gasteiger partial charge in [-0.25, -0.2) is 8.78 Å². The number of hydrogen-bond acceptors (Lipinski definition) is 3. The van der Waals surface area contributed by atoms with E-state index in [-0.39, 0.29) is 5.84 Å². The molecular weight excluding hydrogens is 280 g/mol. The monoisotopic (exact) mass is 297 g/mol. The minimum absolute atomic E-state index is 0.226. The molecule has 7 heteroatoms. The van der Waals surface area contributed by atoms with Crippen LogP contribution < -0.4 is 11.1 Å². The molecule has 0 aromatic heterocycles. The molecule has 1 amide bonds. The molecule has 1 aliphatic carbocycles. The number of anilines is 1. The number of nitrogens with zero attached hydrogens (tertiary/aromatic N) is 1. The molecule has 0 saturated heterocycles. The molecule has 114 valence electrons. The summed E-state index contributed by atoms with van der Waals surface area (Å²) >= 11 is 0. The van der Waals surface area contributed by atoms with E-state index in [1.807, 2.05) is 0 Å². The summed E-state index contributed by atoms with van der Waals surface area (Å²) in [6.45, 7) is 0. The Kier molecular flexibility index (Phi) is 4.40. The van der Waals surface area contributed by atoms with Gasteiger partial charge in [0.15, 0.2) is 5.84 Å². The lowest BCUT2D eigenvalue weighted by molar-refractivity contribution is -0.123. The van der Waals surface area contributed by atoms with Crippen LogP contribution in [-0.4, -0.2) is 17.0 Å². The van der Waals surface area contributed by atoms with Crippen molar-refractivity contribution in [2.75, 3.05) is 5.32 Å². The summed E-state index contributed by atoms with van der Waals surface area (Å²) in [4.78, 5) is 12.5. The van der Waals surface area contributed by atoms with Crippen LogP contribution in [0.1, 0.15) is 32.1 Å². The van der Waals surface area contributed by atoms with Crippen LogP contribution in [0.5, 0.6) is 0 Å². The third-order valence-electron chi connectivity index (χ3n) is 3.94. The van der Waals surface area contributed by atoms with Gasteiger partial charge < -0.3 is 16.3 Å². The molecule has 2 rings (SSSR count). The van der Waals surface area contributed by atoms with Gasteiger partial charge in [0.25, 0.3) is 0 Å². The predicted molar refractivity (Wildman–Crippen MR) is 73.9 cm³/mol. The van der Waals surface area contributed by atoms with Gasteiger partial charge in [0.05, 0.1) is 0 Å². The summed E-state index contributed by atoms with van der Waals surface area (Å²) in [7, 11) is 0. The van der Waals surface area contributed by atoms with Crippen molar-refractivity contribution in [2.45, 2.75) is 32.1 Å². The third kappa shape index (κ3) is 2.81. The van der Waals surface area contributed by atoms with Gasteiger partial charge in [-0.2, -0.15) is 0 Å². The molecule has 1 aromatic rings. The van der Waals surface area contributed by atoms with Crippen molar-refractivity contribution >= 4 is 17.4 Å². The number of rotatable bonds is 3. The molecule has 0 unspecified atom stereocenters. The molecule has 0 heterocycles. The first-order valence-corrected chi connectivity index (χ1v) is 6.75. The normalized spacial score (nSPS) is 18.3. The second-order valence-electron chi connectivity index (χ2n) is 5.18. The molecular formula is C14H17F2N3O2.